The molecule has 1 aliphatic heterocycles. The zero-order valence-corrected chi connectivity index (χ0v) is 14.1. The largest absolute Gasteiger partial charge is 0.444 e. The van der Waals surface area contributed by atoms with Gasteiger partial charge in [-0.3, -0.25) is 4.79 Å². The Labute approximate surface area is 128 Å². The molecule has 1 unspecified atom stereocenters. The van der Waals surface area contributed by atoms with Crippen molar-refractivity contribution in [2.24, 2.45) is 5.92 Å². The Hall–Kier alpha value is -1.26. The molecule has 0 aliphatic carbocycles. The van der Waals surface area contributed by atoms with Crippen molar-refractivity contribution in [3.05, 3.63) is 0 Å². The van der Waals surface area contributed by atoms with Crippen molar-refractivity contribution in [2.45, 2.75) is 71.9 Å². The number of alkyl carbamates (subject to hydrolysis) is 1. The zero-order valence-electron chi connectivity index (χ0n) is 14.1. The molecule has 0 aromatic carbocycles. The predicted octanol–water partition coefficient (Wildman–Crippen LogP) is 2.94. The fraction of sp³-hybridized carbons (Fsp3) is 0.875. The second-order valence-electron chi connectivity index (χ2n) is 6.93. The van der Waals surface area contributed by atoms with E-state index >= 15 is 0 Å². The van der Waals surface area contributed by atoms with Crippen molar-refractivity contribution in [3.63, 3.8) is 0 Å². The van der Waals surface area contributed by atoms with E-state index in [0.717, 1.165) is 31.8 Å². The molecular formula is C16H30N2O3. The van der Waals surface area contributed by atoms with Crippen LogP contribution < -0.4 is 5.32 Å². The molecule has 0 saturated carbocycles. The van der Waals surface area contributed by atoms with Crippen LogP contribution >= 0.6 is 0 Å². The number of rotatable bonds is 4. The molecule has 5 heteroatoms. The highest BCUT2D eigenvalue weighted by atomic mass is 16.6. The molecule has 1 fully saturated rings. The normalized spacial score (nSPS) is 18.2. The second-order valence-corrected chi connectivity index (χ2v) is 6.93. The predicted molar refractivity (Wildman–Crippen MR) is 83.0 cm³/mol. The molecule has 0 spiro atoms. The van der Waals surface area contributed by atoms with Gasteiger partial charge in [0.05, 0.1) is 0 Å². The van der Waals surface area contributed by atoms with Gasteiger partial charge in [-0.1, -0.05) is 19.8 Å². The van der Waals surface area contributed by atoms with E-state index in [-0.39, 0.29) is 5.91 Å². The van der Waals surface area contributed by atoms with Gasteiger partial charge in [0.1, 0.15) is 11.6 Å². The number of nitrogens with zero attached hydrogens (tertiary/aromatic N) is 1. The molecule has 5 nitrogen and oxygen atoms in total. The van der Waals surface area contributed by atoms with Crippen LogP contribution in [0.1, 0.15) is 60.3 Å². The Morgan fingerprint density at radius 1 is 1.29 bits per heavy atom. The number of piperidine rings is 1. The third-order valence-corrected chi connectivity index (χ3v) is 3.73. The lowest BCUT2D eigenvalue weighted by Crippen LogP contribution is -2.50. The lowest BCUT2D eigenvalue weighted by atomic mass is 9.92. The van der Waals surface area contributed by atoms with E-state index < -0.39 is 17.7 Å². The van der Waals surface area contributed by atoms with Crippen LogP contribution in [0.3, 0.4) is 0 Å². The van der Waals surface area contributed by atoms with E-state index in [1.807, 2.05) is 4.90 Å². The molecule has 1 saturated heterocycles. The third kappa shape index (κ3) is 6.36. The SMILES string of the molecule is CCCC1CCN(C(=O)C(C)NC(=O)OC(C)(C)C)CC1. The first kappa shape index (κ1) is 17.8. The van der Waals surface area contributed by atoms with Crippen molar-refractivity contribution in [3.8, 4) is 0 Å². The van der Waals surface area contributed by atoms with Crippen molar-refractivity contribution >= 4 is 12.0 Å². The lowest BCUT2D eigenvalue weighted by molar-refractivity contribution is -0.134. The number of nitrogens with one attached hydrogen (secondary N) is 1. The minimum Gasteiger partial charge on any atom is -0.444 e. The van der Waals surface area contributed by atoms with Crippen LogP contribution in [0.15, 0.2) is 0 Å². The highest BCUT2D eigenvalue weighted by Gasteiger charge is 2.27. The quantitative estimate of drug-likeness (QED) is 0.868. The molecule has 1 N–H and O–H groups in total. The number of carbonyl (C=O) groups excluding carboxylic acids is 2. The Bertz CT molecular complexity index is 355. The first-order valence-electron chi connectivity index (χ1n) is 8.01. The van der Waals surface area contributed by atoms with E-state index in [1.165, 1.54) is 12.8 Å². The van der Waals surface area contributed by atoms with Crippen molar-refractivity contribution in [2.75, 3.05) is 13.1 Å². The molecule has 0 bridgehead atoms. The summed E-state index contributed by atoms with van der Waals surface area (Å²) >= 11 is 0. The summed E-state index contributed by atoms with van der Waals surface area (Å²) in [4.78, 5) is 25.9. The summed E-state index contributed by atoms with van der Waals surface area (Å²) < 4.78 is 5.17. The third-order valence-electron chi connectivity index (χ3n) is 3.73. The van der Waals surface area contributed by atoms with Crippen molar-refractivity contribution in [1.29, 1.82) is 0 Å². The summed E-state index contributed by atoms with van der Waals surface area (Å²) in [5.41, 5.74) is -0.550. The second kappa shape index (κ2) is 7.66. The van der Waals surface area contributed by atoms with Crippen LogP contribution in [0.25, 0.3) is 0 Å². The molecule has 2 amide bonds. The van der Waals surface area contributed by atoms with Crippen molar-refractivity contribution in [1.82, 2.24) is 10.2 Å². The van der Waals surface area contributed by atoms with Gasteiger partial charge < -0.3 is 15.0 Å². The number of amides is 2. The van der Waals surface area contributed by atoms with Crippen LogP contribution in [-0.2, 0) is 9.53 Å². The maximum atomic E-state index is 12.3. The monoisotopic (exact) mass is 298 g/mol. The molecule has 0 radical (unpaired) electrons. The van der Waals surface area contributed by atoms with Crippen LogP contribution in [0.2, 0.25) is 0 Å². The summed E-state index contributed by atoms with van der Waals surface area (Å²) in [6, 6.07) is -0.539. The molecule has 21 heavy (non-hydrogen) atoms. The Morgan fingerprint density at radius 2 is 1.86 bits per heavy atom. The molecule has 1 aliphatic rings. The van der Waals surface area contributed by atoms with Crippen molar-refractivity contribution < 1.29 is 14.3 Å². The number of hydrogen-bond acceptors (Lipinski definition) is 3. The summed E-state index contributed by atoms with van der Waals surface area (Å²) in [5.74, 6) is 0.726. The number of likely N-dealkylation sites (tertiary alicyclic amines) is 1. The van der Waals surface area contributed by atoms with Crippen LogP contribution in [-0.4, -0.2) is 41.6 Å². The number of hydrogen-bond donors (Lipinski definition) is 1. The smallest absolute Gasteiger partial charge is 0.408 e. The van der Waals surface area contributed by atoms with E-state index in [1.54, 1.807) is 27.7 Å². The Balaban J connectivity index is 2.39. The average Bonchev–Trinajstić information content (AvgIpc) is 2.36. The maximum Gasteiger partial charge on any atom is 0.408 e. The fourth-order valence-corrected chi connectivity index (χ4v) is 2.67. The maximum absolute atomic E-state index is 12.3. The molecule has 1 rings (SSSR count). The highest BCUT2D eigenvalue weighted by molar-refractivity contribution is 5.85. The van der Waals surface area contributed by atoms with Gasteiger partial charge in [0, 0.05) is 13.1 Å². The van der Waals surface area contributed by atoms with E-state index in [0.29, 0.717) is 0 Å². The lowest BCUT2D eigenvalue weighted by Gasteiger charge is -2.33. The number of ether oxygens (including phenoxy) is 1. The van der Waals surface area contributed by atoms with E-state index in [4.69, 9.17) is 4.74 Å². The zero-order chi connectivity index (χ0) is 16.0. The van der Waals surface area contributed by atoms with E-state index in [2.05, 4.69) is 12.2 Å². The summed E-state index contributed by atoms with van der Waals surface area (Å²) in [5, 5.41) is 2.62. The first-order chi connectivity index (χ1) is 9.73. The average molecular weight is 298 g/mol. The van der Waals surface area contributed by atoms with Gasteiger partial charge in [0.25, 0.3) is 0 Å². The molecule has 122 valence electrons. The summed E-state index contributed by atoms with van der Waals surface area (Å²) in [6.07, 6.45) is 4.05. The van der Waals surface area contributed by atoms with Gasteiger partial charge in [-0.15, -0.1) is 0 Å². The summed E-state index contributed by atoms with van der Waals surface area (Å²) in [6.45, 7) is 10.9. The van der Waals surface area contributed by atoms with Crippen LogP contribution in [0, 0.1) is 5.92 Å². The van der Waals surface area contributed by atoms with Gasteiger partial charge in [-0.2, -0.15) is 0 Å². The van der Waals surface area contributed by atoms with Gasteiger partial charge in [-0.25, -0.2) is 4.79 Å². The first-order valence-corrected chi connectivity index (χ1v) is 8.01. The molecule has 1 heterocycles. The molecule has 0 aromatic rings. The number of carbonyl (C=O) groups is 2. The standard InChI is InChI=1S/C16H30N2O3/c1-6-7-13-8-10-18(11-9-13)14(19)12(2)17-15(20)21-16(3,4)5/h12-13H,6-11H2,1-5H3,(H,17,20). The van der Waals surface area contributed by atoms with Gasteiger partial charge in [0.15, 0.2) is 0 Å². The van der Waals surface area contributed by atoms with Crippen LogP contribution in [0.4, 0.5) is 4.79 Å². The fourth-order valence-electron chi connectivity index (χ4n) is 2.67. The van der Waals surface area contributed by atoms with Gasteiger partial charge >= 0.3 is 6.09 Å². The highest BCUT2D eigenvalue weighted by Crippen LogP contribution is 2.22. The summed E-state index contributed by atoms with van der Waals surface area (Å²) in [7, 11) is 0. The molecule has 0 aromatic heterocycles. The topological polar surface area (TPSA) is 58.6 Å². The molecular weight excluding hydrogens is 268 g/mol. The molecule has 1 atom stereocenters. The van der Waals surface area contributed by atoms with Crippen LogP contribution in [0.5, 0.6) is 0 Å². The van der Waals surface area contributed by atoms with E-state index in [9.17, 15) is 9.59 Å². The Morgan fingerprint density at radius 3 is 2.33 bits per heavy atom. The van der Waals surface area contributed by atoms with Gasteiger partial charge in [-0.05, 0) is 46.5 Å². The minimum atomic E-state index is -0.550. The minimum absolute atomic E-state index is 0.0178. The van der Waals surface area contributed by atoms with Gasteiger partial charge in [0.2, 0.25) is 5.91 Å². The Kier molecular flexibility index (Phi) is 6.49.